The van der Waals surface area contributed by atoms with E-state index in [-0.39, 0.29) is 56.1 Å². The lowest BCUT2D eigenvalue weighted by atomic mass is 9.94. The van der Waals surface area contributed by atoms with Crippen LogP contribution < -0.4 is 26.9 Å². The second-order valence-electron chi connectivity index (χ2n) is 15.7. The first kappa shape index (κ1) is 50.4. The molecule has 3 aliphatic rings. The number of carbonyl (C=O) groups is 5. The van der Waals surface area contributed by atoms with Gasteiger partial charge in [0.2, 0.25) is 17.3 Å². The molecular weight excluding hydrogens is 1020 g/mol. The number of anilines is 5. The molecule has 0 amide bonds. The molecule has 8 rings (SSSR count). The van der Waals surface area contributed by atoms with Crippen LogP contribution in [0, 0.1) is 0 Å². The van der Waals surface area contributed by atoms with Crippen molar-refractivity contribution in [2.75, 3.05) is 40.0 Å². The van der Waals surface area contributed by atoms with E-state index in [0.29, 0.717) is 16.8 Å². The number of allylic oxidation sites excluding steroid dienone is 3. The minimum atomic E-state index is -5.10. The molecule has 0 aliphatic heterocycles. The number of carbonyl (C=O) groups excluding carboxylic acids is 3. The number of nitrogens with zero attached hydrogens (tertiary/aromatic N) is 3. The SMILES string of the molecule is O=C(O)CNc1ccc2c(c1)C=C(S(=O)(=O)O)/C(=N\Nc1ccc(-c3ccc(N/N=C4/C(=O)c5ccc(N/N=C6/C(=O)c7ccc(NCC(=O)O)cc7C=C6S(=O)(=O)O)cc5C=C4S(=O)(=O)O)cc3)cc1)C2=O. The van der Waals surface area contributed by atoms with Crippen molar-refractivity contribution in [3.05, 3.63) is 151 Å². The fourth-order valence-electron chi connectivity index (χ4n) is 7.40. The molecule has 0 unspecified atom stereocenters. The third-order valence-corrected chi connectivity index (χ3v) is 13.4. The topological polar surface area (TPSA) is 386 Å². The van der Waals surface area contributed by atoms with Gasteiger partial charge in [-0.2, -0.15) is 40.6 Å². The van der Waals surface area contributed by atoms with Crippen LogP contribution in [0.1, 0.15) is 47.8 Å². The number of hydrazone groups is 3. The lowest BCUT2D eigenvalue weighted by molar-refractivity contribution is -0.135. The molecule has 0 saturated carbocycles. The third kappa shape index (κ3) is 11.2. The Bertz CT molecular complexity index is 3790. The number of rotatable bonds is 16. The van der Waals surface area contributed by atoms with Gasteiger partial charge in [-0.3, -0.25) is 53.9 Å². The summed E-state index contributed by atoms with van der Waals surface area (Å²) in [6.45, 7) is -0.919. The van der Waals surface area contributed by atoms with Crippen LogP contribution in [0.2, 0.25) is 0 Å². The van der Waals surface area contributed by atoms with Crippen molar-refractivity contribution in [2.45, 2.75) is 0 Å². The molecule has 0 atom stereocenters. The van der Waals surface area contributed by atoms with Gasteiger partial charge in [0.1, 0.15) is 27.8 Å². The van der Waals surface area contributed by atoms with Crippen LogP contribution >= 0.6 is 0 Å². The van der Waals surface area contributed by atoms with Crippen LogP contribution in [-0.2, 0) is 39.9 Å². The van der Waals surface area contributed by atoms with Crippen molar-refractivity contribution in [1.82, 2.24) is 0 Å². The van der Waals surface area contributed by atoms with Gasteiger partial charge in [-0.05, 0) is 125 Å². The maximum atomic E-state index is 13.7. The minimum Gasteiger partial charge on any atom is -0.480 e. The molecule has 0 spiro atoms. The van der Waals surface area contributed by atoms with Gasteiger partial charge in [-0.1, -0.05) is 24.3 Å². The van der Waals surface area contributed by atoms with E-state index in [4.69, 9.17) is 10.2 Å². The Labute approximate surface area is 412 Å². The molecule has 0 radical (unpaired) electrons. The van der Waals surface area contributed by atoms with Gasteiger partial charge in [-0.25, -0.2) is 0 Å². The van der Waals surface area contributed by atoms with Crippen LogP contribution in [0.15, 0.2) is 133 Å². The fraction of sp³-hybridized carbons (Fsp3) is 0.0435. The lowest BCUT2D eigenvalue weighted by Crippen LogP contribution is -2.27. The molecule has 0 heterocycles. The molecule has 0 aromatic heterocycles. The van der Waals surface area contributed by atoms with E-state index in [1.807, 2.05) is 0 Å². The normalized spacial score (nSPS) is 16.1. The molecule has 24 nitrogen and oxygen atoms in total. The Kier molecular flexibility index (Phi) is 13.6. The summed E-state index contributed by atoms with van der Waals surface area (Å²) in [6.07, 6.45) is 2.96. The molecule has 0 fully saturated rings. The summed E-state index contributed by atoms with van der Waals surface area (Å²) in [6, 6.07) is 24.7. The summed E-state index contributed by atoms with van der Waals surface area (Å²) in [5, 5.41) is 35.0. The zero-order chi connectivity index (χ0) is 52.6. The number of aliphatic carboxylic acids is 2. The predicted octanol–water partition coefficient (Wildman–Crippen LogP) is 5.03. The van der Waals surface area contributed by atoms with E-state index in [9.17, 15) is 62.9 Å². The van der Waals surface area contributed by atoms with Crippen LogP contribution in [-0.4, -0.2) is 109 Å². The van der Waals surface area contributed by atoms with Crippen molar-refractivity contribution >= 4 is 123 Å². The molecule has 5 aromatic rings. The van der Waals surface area contributed by atoms with Crippen LogP contribution in [0.4, 0.5) is 28.4 Å². The summed E-state index contributed by atoms with van der Waals surface area (Å²) in [7, 11) is -15.1. The van der Waals surface area contributed by atoms with Gasteiger partial charge in [-0.15, -0.1) is 0 Å². The highest BCUT2D eigenvalue weighted by molar-refractivity contribution is 7.91. The summed E-state index contributed by atoms with van der Waals surface area (Å²) in [5.41, 5.74) is 8.15. The smallest absolute Gasteiger partial charge is 0.322 e. The second-order valence-corrected chi connectivity index (χ2v) is 19.9. The summed E-state index contributed by atoms with van der Waals surface area (Å²) < 4.78 is 105. The van der Waals surface area contributed by atoms with Gasteiger partial charge in [0.05, 0.1) is 17.1 Å². The van der Waals surface area contributed by atoms with Crippen molar-refractivity contribution in [2.24, 2.45) is 15.3 Å². The second kappa shape index (κ2) is 19.7. The lowest BCUT2D eigenvalue weighted by Gasteiger charge is -2.18. The van der Waals surface area contributed by atoms with E-state index in [0.717, 1.165) is 18.2 Å². The minimum absolute atomic E-state index is 0.00486. The molecule has 0 bridgehead atoms. The quantitative estimate of drug-likeness (QED) is 0.0457. The van der Waals surface area contributed by atoms with Gasteiger partial charge >= 0.3 is 11.9 Å². The highest BCUT2D eigenvalue weighted by atomic mass is 32.2. The van der Waals surface area contributed by atoms with E-state index in [2.05, 4.69) is 42.2 Å². The Balaban J connectivity index is 0.961. The summed E-state index contributed by atoms with van der Waals surface area (Å²) in [4.78, 5) is 59.8. The number of hydrogen-bond donors (Lipinski definition) is 10. The maximum Gasteiger partial charge on any atom is 0.322 e. The van der Waals surface area contributed by atoms with E-state index in [1.165, 1.54) is 54.6 Å². The molecule has 27 heteroatoms. The Morgan fingerprint density at radius 2 is 0.685 bits per heavy atom. The number of fused-ring (bicyclic) bond motifs is 3. The Hall–Kier alpha value is -8.99. The number of nitrogens with one attached hydrogen (secondary N) is 5. The summed E-state index contributed by atoms with van der Waals surface area (Å²) >= 11 is 0. The molecule has 372 valence electrons. The van der Waals surface area contributed by atoms with Crippen LogP contribution in [0.5, 0.6) is 0 Å². The zero-order valence-electron chi connectivity index (χ0n) is 36.8. The number of hydrogen-bond acceptors (Lipinski definition) is 19. The van der Waals surface area contributed by atoms with E-state index < -0.39 is 105 Å². The first-order valence-electron chi connectivity index (χ1n) is 20.7. The van der Waals surface area contributed by atoms with Crippen molar-refractivity contribution in [3.8, 4) is 11.1 Å². The maximum absolute atomic E-state index is 13.7. The Morgan fingerprint density at radius 3 is 0.986 bits per heavy atom. The molecule has 73 heavy (non-hydrogen) atoms. The van der Waals surface area contributed by atoms with E-state index in [1.54, 1.807) is 48.5 Å². The first-order chi connectivity index (χ1) is 34.4. The number of carboxylic acids is 2. The number of Topliss-reactive ketones (excluding diaryl/α,β-unsaturated/α-hetero) is 3. The molecule has 5 aromatic carbocycles. The third-order valence-electron chi connectivity index (χ3n) is 10.8. The highest BCUT2D eigenvalue weighted by Gasteiger charge is 2.36. The van der Waals surface area contributed by atoms with Crippen LogP contribution in [0.3, 0.4) is 0 Å². The average Bonchev–Trinajstić information content (AvgIpc) is 3.33. The monoisotopic (exact) mass is 1050 g/mol. The van der Waals surface area contributed by atoms with Gasteiger partial charge in [0.25, 0.3) is 30.4 Å². The molecule has 3 aliphatic carbocycles. The van der Waals surface area contributed by atoms with Gasteiger partial charge in [0.15, 0.2) is 17.1 Å². The van der Waals surface area contributed by atoms with Gasteiger partial charge < -0.3 is 20.8 Å². The number of benzene rings is 5. The number of ketones is 3. The van der Waals surface area contributed by atoms with Crippen LogP contribution in [0.25, 0.3) is 29.4 Å². The molecule has 0 saturated heterocycles. The first-order valence-corrected chi connectivity index (χ1v) is 25.0. The predicted molar refractivity (Wildman–Crippen MR) is 268 cm³/mol. The fourth-order valence-corrected chi connectivity index (χ4v) is 9.38. The van der Waals surface area contributed by atoms with Crippen molar-refractivity contribution < 1.29 is 73.1 Å². The largest absolute Gasteiger partial charge is 0.480 e. The molecular formula is C46H34N8O16S3. The highest BCUT2D eigenvalue weighted by Crippen LogP contribution is 2.32. The molecule has 10 N–H and O–H groups in total. The van der Waals surface area contributed by atoms with Gasteiger partial charge in [0, 0.05) is 28.1 Å². The van der Waals surface area contributed by atoms with Crippen molar-refractivity contribution in [3.63, 3.8) is 0 Å². The standard InChI is InChI=1S/C46H34N8O16S3/c55-39(56)21-47-30-9-12-33-25(15-30)18-36(71(62,63)64)41(44(33)59)52-49-28-5-1-23(2-6-28)24-3-7-29(8-4-24)50-53-42-38(73(68,69)70)20-27-17-32(11-14-35(27)46(42)61)51-54-43-37(72(65,66)67)19-26-16-31(48-22-40(57)58)10-13-34(26)45(43)60/h1-20,47-51H,21-22H2,(H,55,56)(H,57,58)(H,62,63,64)(H,65,66,67)(H,68,69,70)/b52-41+,53-42+,54-43+. The summed E-state index contributed by atoms with van der Waals surface area (Å²) in [5.74, 6) is -5.02. The number of carboxylic acid groups (broad SMARTS) is 2. The van der Waals surface area contributed by atoms with E-state index >= 15 is 0 Å². The van der Waals surface area contributed by atoms with Crippen molar-refractivity contribution in [1.29, 1.82) is 0 Å². The Morgan fingerprint density at radius 1 is 0.411 bits per heavy atom. The average molecular weight is 1050 g/mol. The zero-order valence-corrected chi connectivity index (χ0v) is 39.2.